The van der Waals surface area contributed by atoms with Crippen molar-refractivity contribution in [3.63, 3.8) is 0 Å². The highest BCUT2D eigenvalue weighted by Gasteiger charge is 2.18. The summed E-state index contributed by atoms with van der Waals surface area (Å²) in [6.45, 7) is 0. The molecule has 162 valence electrons. The minimum absolute atomic E-state index is 0.0290. The van der Waals surface area contributed by atoms with Crippen molar-refractivity contribution in [1.82, 2.24) is 9.78 Å². The van der Waals surface area contributed by atoms with E-state index in [9.17, 15) is 17.6 Å². The highest BCUT2D eigenvalue weighted by Crippen LogP contribution is 2.31. The molecule has 6 nitrogen and oxygen atoms in total. The summed E-state index contributed by atoms with van der Waals surface area (Å²) >= 11 is 3.38. The van der Waals surface area contributed by atoms with E-state index in [1.807, 2.05) is 6.07 Å². The lowest BCUT2D eigenvalue weighted by molar-refractivity contribution is 0.468. The van der Waals surface area contributed by atoms with Crippen molar-refractivity contribution in [3.05, 3.63) is 99.6 Å². The Morgan fingerprint density at radius 3 is 2.31 bits per heavy atom. The van der Waals surface area contributed by atoms with Crippen LogP contribution in [0.3, 0.4) is 0 Å². The standard InChI is InChI=1S/C23H16BrFN2O4S/c1-32(29,30)20-11-5-15(6-12-20)21-14-26-27(18-4-2-3-16(24)13-18)23(28)22(21)31-19-9-7-17(25)8-10-19/h2-14H,1H3. The molecular weight excluding hydrogens is 499 g/mol. The molecule has 4 aromatic rings. The summed E-state index contributed by atoms with van der Waals surface area (Å²) in [6.07, 6.45) is 2.59. The van der Waals surface area contributed by atoms with Crippen molar-refractivity contribution in [1.29, 1.82) is 0 Å². The van der Waals surface area contributed by atoms with Gasteiger partial charge in [-0.3, -0.25) is 4.79 Å². The number of aromatic nitrogens is 2. The molecule has 0 aliphatic heterocycles. The number of hydrogen-bond donors (Lipinski definition) is 0. The Kier molecular flexibility index (Phi) is 5.94. The molecule has 0 radical (unpaired) electrons. The van der Waals surface area contributed by atoms with Crippen LogP contribution in [0.5, 0.6) is 11.5 Å². The van der Waals surface area contributed by atoms with E-state index in [1.165, 1.54) is 47.3 Å². The van der Waals surface area contributed by atoms with Gasteiger partial charge in [-0.05, 0) is 60.2 Å². The number of hydrogen-bond acceptors (Lipinski definition) is 5. The SMILES string of the molecule is CS(=O)(=O)c1ccc(-c2cnn(-c3cccc(Br)c3)c(=O)c2Oc2ccc(F)cc2)cc1. The molecular formula is C23H16BrFN2O4S. The van der Waals surface area contributed by atoms with Crippen LogP contribution in [0.1, 0.15) is 0 Å². The maximum absolute atomic E-state index is 13.4. The highest BCUT2D eigenvalue weighted by atomic mass is 79.9. The monoisotopic (exact) mass is 514 g/mol. The number of nitrogens with zero attached hydrogens (tertiary/aromatic N) is 2. The molecule has 1 aromatic heterocycles. The molecule has 4 rings (SSSR count). The van der Waals surface area contributed by atoms with Gasteiger partial charge in [-0.25, -0.2) is 12.8 Å². The third-order valence-corrected chi connectivity index (χ3v) is 6.24. The molecule has 0 saturated carbocycles. The average molecular weight is 515 g/mol. The van der Waals surface area contributed by atoms with Crippen LogP contribution in [0, 0.1) is 5.82 Å². The van der Waals surface area contributed by atoms with Gasteiger partial charge in [-0.15, -0.1) is 0 Å². The van der Waals surface area contributed by atoms with Crippen molar-refractivity contribution >= 4 is 25.8 Å². The molecule has 0 unspecified atom stereocenters. The van der Waals surface area contributed by atoms with Crippen molar-refractivity contribution < 1.29 is 17.5 Å². The number of rotatable bonds is 5. The number of sulfone groups is 1. The average Bonchev–Trinajstić information content (AvgIpc) is 2.76. The molecule has 0 amide bonds. The fraction of sp³-hybridized carbons (Fsp3) is 0.0435. The highest BCUT2D eigenvalue weighted by molar-refractivity contribution is 9.10. The molecule has 32 heavy (non-hydrogen) atoms. The lowest BCUT2D eigenvalue weighted by Gasteiger charge is -2.14. The van der Waals surface area contributed by atoms with Crippen LogP contribution in [-0.2, 0) is 9.84 Å². The molecule has 0 aliphatic rings. The topological polar surface area (TPSA) is 78.3 Å². The van der Waals surface area contributed by atoms with E-state index < -0.39 is 21.2 Å². The number of benzene rings is 3. The Labute approximate surface area is 192 Å². The van der Waals surface area contributed by atoms with Crippen LogP contribution in [0.15, 0.2) is 93.2 Å². The molecule has 0 bridgehead atoms. The van der Waals surface area contributed by atoms with Gasteiger partial charge in [-0.2, -0.15) is 9.78 Å². The third kappa shape index (κ3) is 4.63. The van der Waals surface area contributed by atoms with Crippen LogP contribution in [0.4, 0.5) is 4.39 Å². The minimum Gasteiger partial charge on any atom is -0.451 e. The maximum Gasteiger partial charge on any atom is 0.315 e. The molecule has 0 N–H and O–H groups in total. The molecule has 0 fully saturated rings. The summed E-state index contributed by atoms with van der Waals surface area (Å²) in [7, 11) is -3.37. The van der Waals surface area contributed by atoms with Gasteiger partial charge in [0.2, 0.25) is 5.75 Å². The Balaban J connectivity index is 1.88. The predicted octanol–water partition coefficient (Wildman–Crippen LogP) is 5.00. The molecule has 0 atom stereocenters. The van der Waals surface area contributed by atoms with Gasteiger partial charge in [0.05, 0.1) is 22.3 Å². The van der Waals surface area contributed by atoms with Gasteiger partial charge in [0.25, 0.3) is 0 Å². The summed E-state index contributed by atoms with van der Waals surface area (Å²) in [6, 6.07) is 18.4. The molecule has 0 spiro atoms. The van der Waals surface area contributed by atoms with E-state index in [2.05, 4.69) is 21.0 Å². The summed E-state index contributed by atoms with van der Waals surface area (Å²) in [5, 5.41) is 4.28. The van der Waals surface area contributed by atoms with Gasteiger partial charge >= 0.3 is 5.56 Å². The zero-order chi connectivity index (χ0) is 22.9. The van der Waals surface area contributed by atoms with E-state index in [-0.39, 0.29) is 16.4 Å². The minimum atomic E-state index is -3.37. The van der Waals surface area contributed by atoms with Crippen LogP contribution in [0.25, 0.3) is 16.8 Å². The smallest absolute Gasteiger partial charge is 0.315 e. The first-order valence-corrected chi connectivity index (χ1v) is 12.0. The van der Waals surface area contributed by atoms with Crippen LogP contribution < -0.4 is 10.3 Å². The summed E-state index contributed by atoms with van der Waals surface area (Å²) in [5.74, 6) is -0.196. The zero-order valence-electron chi connectivity index (χ0n) is 16.7. The quantitative estimate of drug-likeness (QED) is 0.374. The zero-order valence-corrected chi connectivity index (χ0v) is 19.1. The van der Waals surface area contributed by atoms with Gasteiger partial charge in [-0.1, -0.05) is 34.1 Å². The van der Waals surface area contributed by atoms with Crippen molar-refractivity contribution in [3.8, 4) is 28.3 Å². The maximum atomic E-state index is 13.4. The fourth-order valence-electron chi connectivity index (χ4n) is 3.04. The van der Waals surface area contributed by atoms with E-state index >= 15 is 0 Å². The Bertz CT molecular complexity index is 1450. The van der Waals surface area contributed by atoms with Crippen LogP contribution in [0.2, 0.25) is 0 Å². The number of halogens is 2. The fourth-order valence-corrected chi connectivity index (χ4v) is 4.05. The van der Waals surface area contributed by atoms with Crippen molar-refractivity contribution in [2.24, 2.45) is 0 Å². The molecule has 0 aliphatic carbocycles. The van der Waals surface area contributed by atoms with Gasteiger partial charge in [0.1, 0.15) is 11.6 Å². The van der Waals surface area contributed by atoms with Gasteiger partial charge in [0.15, 0.2) is 9.84 Å². The third-order valence-electron chi connectivity index (χ3n) is 4.61. The lowest BCUT2D eigenvalue weighted by Crippen LogP contribution is -2.22. The second-order valence-corrected chi connectivity index (χ2v) is 9.87. The Morgan fingerprint density at radius 1 is 1.00 bits per heavy atom. The van der Waals surface area contributed by atoms with Crippen molar-refractivity contribution in [2.75, 3.05) is 6.26 Å². The largest absolute Gasteiger partial charge is 0.451 e. The molecule has 3 aromatic carbocycles. The summed E-state index contributed by atoms with van der Waals surface area (Å²) in [5.41, 5.74) is 0.899. The van der Waals surface area contributed by atoms with Crippen LogP contribution >= 0.6 is 15.9 Å². The second-order valence-electron chi connectivity index (χ2n) is 6.94. The summed E-state index contributed by atoms with van der Waals surface area (Å²) < 4.78 is 44.7. The van der Waals surface area contributed by atoms with E-state index in [0.717, 1.165) is 10.7 Å². The Hall–Kier alpha value is -3.30. The van der Waals surface area contributed by atoms with Gasteiger partial charge < -0.3 is 4.74 Å². The van der Waals surface area contributed by atoms with E-state index in [1.54, 1.807) is 30.3 Å². The van der Waals surface area contributed by atoms with E-state index in [4.69, 9.17) is 4.74 Å². The Morgan fingerprint density at radius 2 is 1.69 bits per heavy atom. The van der Waals surface area contributed by atoms with E-state index in [0.29, 0.717) is 16.8 Å². The molecule has 1 heterocycles. The lowest BCUT2D eigenvalue weighted by atomic mass is 10.1. The van der Waals surface area contributed by atoms with Crippen LogP contribution in [-0.4, -0.2) is 24.5 Å². The molecule has 0 saturated heterocycles. The first-order chi connectivity index (χ1) is 15.2. The number of ether oxygens (including phenoxy) is 1. The molecule has 9 heteroatoms. The predicted molar refractivity (Wildman–Crippen MR) is 123 cm³/mol. The normalized spacial score (nSPS) is 11.3. The first-order valence-electron chi connectivity index (χ1n) is 9.34. The second kappa shape index (κ2) is 8.68. The van der Waals surface area contributed by atoms with Crippen molar-refractivity contribution in [2.45, 2.75) is 4.90 Å². The summed E-state index contributed by atoms with van der Waals surface area (Å²) in [4.78, 5) is 13.5. The first kappa shape index (κ1) is 21.9. The van der Waals surface area contributed by atoms with Gasteiger partial charge in [0, 0.05) is 10.7 Å².